The van der Waals surface area contributed by atoms with Crippen molar-refractivity contribution in [3.63, 3.8) is 0 Å². The number of aromatic nitrogens is 4. The molecular weight excluding hydrogens is 164 g/mol. The average molecular weight is 164 g/mol. The Morgan fingerprint density at radius 1 is 0.583 bits per heavy atom. The van der Waals surface area contributed by atoms with Crippen LogP contribution in [0.2, 0.25) is 0 Å². The highest BCUT2D eigenvalue weighted by Gasteiger charge is 2.26. The highest BCUT2D eigenvalue weighted by atomic mass is 16.6. The SMILES string of the molecule is [N]1c2nonc2[N]c2nonc21. The third-order valence-electron chi connectivity index (χ3n) is 1.33. The largest absolute Gasteiger partial charge is 0.245 e. The summed E-state index contributed by atoms with van der Waals surface area (Å²) in [6.07, 6.45) is 0. The van der Waals surface area contributed by atoms with E-state index in [0.717, 1.165) is 0 Å². The minimum Gasteiger partial charge on any atom is -0.240 e. The molecule has 0 atom stereocenters. The predicted molar refractivity (Wildman–Crippen MR) is 31.5 cm³/mol. The van der Waals surface area contributed by atoms with Crippen molar-refractivity contribution < 1.29 is 9.26 Å². The van der Waals surface area contributed by atoms with Crippen LogP contribution in [0.25, 0.3) is 0 Å². The van der Waals surface area contributed by atoms with E-state index in [0.29, 0.717) is 23.3 Å². The van der Waals surface area contributed by atoms with Crippen LogP contribution < -0.4 is 10.6 Å². The molecular formula is C4N6O2. The van der Waals surface area contributed by atoms with E-state index in [2.05, 4.69) is 40.5 Å². The molecule has 0 bridgehead atoms. The molecule has 0 spiro atoms. The van der Waals surface area contributed by atoms with E-state index >= 15 is 0 Å². The molecule has 2 aromatic heterocycles. The summed E-state index contributed by atoms with van der Waals surface area (Å²) in [6.45, 7) is 0. The van der Waals surface area contributed by atoms with Crippen LogP contribution in [0.15, 0.2) is 9.26 Å². The van der Waals surface area contributed by atoms with Crippen molar-refractivity contribution in [2.75, 3.05) is 0 Å². The van der Waals surface area contributed by atoms with Gasteiger partial charge in [0.15, 0.2) is 0 Å². The lowest BCUT2D eigenvalue weighted by Gasteiger charge is -2.01. The van der Waals surface area contributed by atoms with Gasteiger partial charge in [0.05, 0.1) is 0 Å². The summed E-state index contributed by atoms with van der Waals surface area (Å²) in [5.74, 6) is 1.16. The number of hydrogen-bond donors (Lipinski definition) is 0. The molecule has 0 amide bonds. The van der Waals surface area contributed by atoms with Crippen LogP contribution in [0.3, 0.4) is 0 Å². The molecule has 0 saturated heterocycles. The van der Waals surface area contributed by atoms with Gasteiger partial charge in [0.1, 0.15) is 0 Å². The van der Waals surface area contributed by atoms with Gasteiger partial charge in [-0.2, -0.15) is 10.6 Å². The third kappa shape index (κ3) is 0.557. The second-order valence-corrected chi connectivity index (χ2v) is 2.05. The fourth-order valence-electron chi connectivity index (χ4n) is 0.841. The van der Waals surface area contributed by atoms with Crippen molar-refractivity contribution >= 4 is 23.3 Å². The Morgan fingerprint density at radius 2 is 0.917 bits per heavy atom. The standard InChI is InChI=1S/C4N6O2/c5-1-2(8-11-7-1)6-4-3(5)9-12-10-4. The molecule has 3 heterocycles. The number of fused-ring (bicyclic) bond motifs is 2. The first kappa shape index (κ1) is 5.52. The van der Waals surface area contributed by atoms with Gasteiger partial charge in [-0.05, 0) is 20.6 Å². The minimum atomic E-state index is 0.290. The van der Waals surface area contributed by atoms with Gasteiger partial charge >= 0.3 is 0 Å². The fraction of sp³-hybridized carbons (Fsp3) is 0. The van der Waals surface area contributed by atoms with Crippen molar-refractivity contribution in [2.45, 2.75) is 0 Å². The molecule has 0 N–H and O–H groups in total. The van der Waals surface area contributed by atoms with Crippen LogP contribution in [0, 0.1) is 0 Å². The summed E-state index contributed by atoms with van der Waals surface area (Å²) >= 11 is 0. The van der Waals surface area contributed by atoms with Gasteiger partial charge in [-0.1, -0.05) is 0 Å². The molecule has 0 saturated carbocycles. The van der Waals surface area contributed by atoms with Crippen molar-refractivity contribution in [1.29, 1.82) is 0 Å². The van der Waals surface area contributed by atoms with Gasteiger partial charge in [-0.3, -0.25) is 0 Å². The molecule has 0 aromatic carbocycles. The molecule has 12 heavy (non-hydrogen) atoms. The summed E-state index contributed by atoms with van der Waals surface area (Å²) in [5, 5.41) is 21.7. The van der Waals surface area contributed by atoms with Gasteiger partial charge in [0.2, 0.25) is 23.3 Å². The topological polar surface area (TPSA) is 106 Å². The second-order valence-electron chi connectivity index (χ2n) is 2.05. The Bertz CT molecular complexity index is 345. The molecule has 2 aromatic rings. The van der Waals surface area contributed by atoms with Crippen molar-refractivity contribution in [2.24, 2.45) is 0 Å². The number of hydrogen-bond acceptors (Lipinski definition) is 6. The zero-order valence-corrected chi connectivity index (χ0v) is 5.50. The molecule has 0 unspecified atom stereocenters. The van der Waals surface area contributed by atoms with E-state index in [4.69, 9.17) is 0 Å². The first-order valence-electron chi connectivity index (χ1n) is 3.02. The lowest BCUT2D eigenvalue weighted by atomic mass is 10.4. The average Bonchev–Trinajstić information content (AvgIpc) is 2.64. The van der Waals surface area contributed by atoms with Crippen molar-refractivity contribution in [3.8, 4) is 0 Å². The second kappa shape index (κ2) is 1.72. The molecule has 8 nitrogen and oxygen atoms in total. The Kier molecular flexibility index (Phi) is 0.793. The van der Waals surface area contributed by atoms with E-state index in [1.54, 1.807) is 0 Å². The van der Waals surface area contributed by atoms with Crippen LogP contribution >= 0.6 is 0 Å². The van der Waals surface area contributed by atoms with Crippen molar-refractivity contribution in [1.82, 2.24) is 31.3 Å². The van der Waals surface area contributed by atoms with Crippen LogP contribution in [0.4, 0.5) is 23.3 Å². The summed E-state index contributed by atoms with van der Waals surface area (Å²) in [6, 6.07) is 0. The highest BCUT2D eigenvalue weighted by molar-refractivity contribution is 5.67. The van der Waals surface area contributed by atoms with Crippen LogP contribution in [-0.4, -0.2) is 20.6 Å². The lowest BCUT2D eigenvalue weighted by Crippen LogP contribution is -2.03. The molecule has 0 fully saturated rings. The molecule has 0 aliphatic carbocycles. The zero-order valence-electron chi connectivity index (χ0n) is 5.50. The normalized spacial score (nSPS) is 12.7. The molecule has 1 aliphatic rings. The third-order valence-corrected chi connectivity index (χ3v) is 1.33. The smallest absolute Gasteiger partial charge is 0.240 e. The molecule has 8 heteroatoms. The summed E-state index contributed by atoms with van der Waals surface area (Å²) in [4.78, 5) is 0. The Balaban J connectivity index is 2.15. The number of rotatable bonds is 0. The quantitative estimate of drug-likeness (QED) is 0.459. The van der Waals surface area contributed by atoms with E-state index in [1.165, 1.54) is 0 Å². The van der Waals surface area contributed by atoms with Crippen LogP contribution in [-0.2, 0) is 0 Å². The highest BCUT2D eigenvalue weighted by Crippen LogP contribution is 2.33. The molecule has 3 rings (SSSR count). The molecule has 58 valence electrons. The fourth-order valence-corrected chi connectivity index (χ4v) is 0.841. The maximum atomic E-state index is 4.39. The first-order valence-corrected chi connectivity index (χ1v) is 3.02. The zero-order chi connectivity index (χ0) is 7.97. The van der Waals surface area contributed by atoms with E-state index in [9.17, 15) is 0 Å². The summed E-state index contributed by atoms with van der Waals surface area (Å²) < 4.78 is 8.79. The molecule has 1 aliphatic heterocycles. The van der Waals surface area contributed by atoms with Gasteiger partial charge in [0.25, 0.3) is 0 Å². The monoisotopic (exact) mass is 164 g/mol. The first-order chi connectivity index (χ1) is 5.93. The lowest BCUT2D eigenvalue weighted by molar-refractivity contribution is 0.301. The van der Waals surface area contributed by atoms with E-state index in [-0.39, 0.29) is 0 Å². The maximum absolute atomic E-state index is 4.39. The van der Waals surface area contributed by atoms with Gasteiger partial charge in [0, 0.05) is 0 Å². The van der Waals surface area contributed by atoms with E-state index in [1.807, 2.05) is 0 Å². The van der Waals surface area contributed by atoms with Gasteiger partial charge < -0.3 is 0 Å². The Labute approximate surface area is 64.9 Å². The van der Waals surface area contributed by atoms with Crippen LogP contribution in [0.5, 0.6) is 0 Å². The maximum Gasteiger partial charge on any atom is 0.245 e. The summed E-state index contributed by atoms with van der Waals surface area (Å²) in [5.41, 5.74) is 0. The summed E-state index contributed by atoms with van der Waals surface area (Å²) in [7, 11) is 0. The predicted octanol–water partition coefficient (Wildman–Crippen LogP) is -0.0988. The van der Waals surface area contributed by atoms with Crippen molar-refractivity contribution in [3.05, 3.63) is 0 Å². The minimum absolute atomic E-state index is 0.290. The number of nitrogens with zero attached hydrogens (tertiary/aromatic N) is 6. The molecule has 2 radical (unpaired) electrons. The van der Waals surface area contributed by atoms with Gasteiger partial charge in [-0.25, -0.2) is 9.26 Å². The van der Waals surface area contributed by atoms with Crippen LogP contribution in [0.1, 0.15) is 0 Å². The van der Waals surface area contributed by atoms with Gasteiger partial charge in [-0.15, -0.1) is 0 Å². The van der Waals surface area contributed by atoms with E-state index < -0.39 is 0 Å². The Morgan fingerprint density at radius 3 is 1.25 bits per heavy atom. The Hall–Kier alpha value is -2.12.